The van der Waals surface area contributed by atoms with E-state index in [-0.39, 0.29) is 12.2 Å². The van der Waals surface area contributed by atoms with Gasteiger partial charge in [0.05, 0.1) is 12.2 Å². The van der Waals surface area contributed by atoms with Gasteiger partial charge in [-0.2, -0.15) is 0 Å². The van der Waals surface area contributed by atoms with Gasteiger partial charge in [-0.25, -0.2) is 0 Å². The fourth-order valence-electron chi connectivity index (χ4n) is 4.20. The van der Waals surface area contributed by atoms with Crippen LogP contribution in [0.25, 0.3) is 0 Å². The van der Waals surface area contributed by atoms with Crippen molar-refractivity contribution in [2.75, 3.05) is 0 Å². The van der Waals surface area contributed by atoms with E-state index in [1.165, 1.54) is 38.5 Å². The van der Waals surface area contributed by atoms with Crippen molar-refractivity contribution in [2.45, 2.75) is 76.9 Å². The van der Waals surface area contributed by atoms with Crippen LogP contribution in [0.3, 0.4) is 0 Å². The van der Waals surface area contributed by atoms with E-state index in [1.54, 1.807) is 0 Å². The highest BCUT2D eigenvalue weighted by molar-refractivity contribution is 4.88. The molecule has 2 fully saturated rings. The van der Waals surface area contributed by atoms with Gasteiger partial charge in [0, 0.05) is 0 Å². The molecule has 0 amide bonds. The molecule has 0 aromatic heterocycles. The van der Waals surface area contributed by atoms with Crippen molar-refractivity contribution < 1.29 is 10.2 Å². The average Bonchev–Trinajstić information content (AvgIpc) is 2.34. The van der Waals surface area contributed by atoms with Crippen LogP contribution in [-0.2, 0) is 0 Å². The third-order valence-corrected chi connectivity index (χ3v) is 5.13. The Bertz CT molecular complexity index is 207. The Balaban J connectivity index is 2.03. The lowest BCUT2D eigenvalue weighted by Crippen LogP contribution is -2.40. The first-order valence-electron chi connectivity index (χ1n) is 7.60. The lowest BCUT2D eigenvalue weighted by Gasteiger charge is -2.41. The maximum absolute atomic E-state index is 10.2. The van der Waals surface area contributed by atoms with Crippen LogP contribution < -0.4 is 0 Å². The van der Waals surface area contributed by atoms with Crippen molar-refractivity contribution in [2.24, 2.45) is 17.8 Å². The first kappa shape index (κ1) is 13.4. The Kier molecular flexibility index (Phi) is 4.87. The Hall–Kier alpha value is -0.0800. The molecule has 4 atom stereocenters. The summed E-state index contributed by atoms with van der Waals surface area (Å²) in [7, 11) is 0. The predicted octanol–water partition coefficient (Wildman–Crippen LogP) is 3.11. The first-order chi connectivity index (χ1) is 8.24. The summed E-state index contributed by atoms with van der Waals surface area (Å²) < 4.78 is 0. The summed E-state index contributed by atoms with van der Waals surface area (Å²) in [5.74, 6) is 1.44. The SMILES string of the molecule is CCC(C1CCCCC1O)C1CCCCC1O. The van der Waals surface area contributed by atoms with Crippen molar-refractivity contribution in [1.29, 1.82) is 0 Å². The van der Waals surface area contributed by atoms with Gasteiger partial charge in [0.2, 0.25) is 0 Å². The molecule has 0 spiro atoms. The molecule has 2 nitrogen and oxygen atoms in total. The fraction of sp³-hybridized carbons (Fsp3) is 1.00. The lowest BCUT2D eigenvalue weighted by atomic mass is 9.66. The van der Waals surface area contributed by atoms with Gasteiger partial charge in [0.15, 0.2) is 0 Å². The molecule has 2 heteroatoms. The molecule has 0 saturated heterocycles. The Morgan fingerprint density at radius 1 is 0.824 bits per heavy atom. The lowest BCUT2D eigenvalue weighted by molar-refractivity contribution is -0.0322. The van der Waals surface area contributed by atoms with E-state index < -0.39 is 0 Å². The van der Waals surface area contributed by atoms with E-state index >= 15 is 0 Å². The van der Waals surface area contributed by atoms with Crippen LogP contribution in [-0.4, -0.2) is 22.4 Å². The second kappa shape index (κ2) is 6.19. The summed E-state index contributed by atoms with van der Waals surface area (Å²) in [4.78, 5) is 0. The van der Waals surface area contributed by atoms with Crippen molar-refractivity contribution >= 4 is 0 Å². The quantitative estimate of drug-likeness (QED) is 0.795. The second-order valence-corrected chi connectivity index (χ2v) is 6.10. The normalized spacial score (nSPS) is 41.1. The summed E-state index contributed by atoms with van der Waals surface area (Å²) >= 11 is 0. The van der Waals surface area contributed by atoms with Gasteiger partial charge in [-0.15, -0.1) is 0 Å². The molecule has 2 aliphatic rings. The molecular formula is C15H28O2. The zero-order valence-corrected chi connectivity index (χ0v) is 11.1. The monoisotopic (exact) mass is 240 g/mol. The molecule has 100 valence electrons. The van der Waals surface area contributed by atoms with Crippen molar-refractivity contribution in [1.82, 2.24) is 0 Å². The maximum Gasteiger partial charge on any atom is 0.0571 e. The van der Waals surface area contributed by atoms with Crippen LogP contribution in [0.1, 0.15) is 64.7 Å². The summed E-state index contributed by atoms with van der Waals surface area (Å²) in [6, 6.07) is 0. The van der Waals surface area contributed by atoms with E-state index in [9.17, 15) is 10.2 Å². The van der Waals surface area contributed by atoms with Gasteiger partial charge in [0.1, 0.15) is 0 Å². The van der Waals surface area contributed by atoms with Crippen molar-refractivity contribution in [3.05, 3.63) is 0 Å². The molecule has 2 rings (SSSR count). The molecule has 2 saturated carbocycles. The van der Waals surface area contributed by atoms with Crippen LogP contribution in [0.4, 0.5) is 0 Å². The summed E-state index contributed by atoms with van der Waals surface area (Å²) in [5.41, 5.74) is 0. The van der Waals surface area contributed by atoms with Crippen LogP contribution in [0.2, 0.25) is 0 Å². The molecule has 0 aromatic carbocycles. The molecule has 0 bridgehead atoms. The maximum atomic E-state index is 10.2. The minimum absolute atomic E-state index is 0.108. The van der Waals surface area contributed by atoms with Crippen molar-refractivity contribution in [3.8, 4) is 0 Å². The topological polar surface area (TPSA) is 40.5 Å². The molecule has 2 aliphatic carbocycles. The zero-order valence-electron chi connectivity index (χ0n) is 11.1. The summed E-state index contributed by atoms with van der Waals surface area (Å²) in [6.45, 7) is 2.23. The van der Waals surface area contributed by atoms with Crippen LogP contribution in [0.15, 0.2) is 0 Å². The van der Waals surface area contributed by atoms with E-state index in [1.807, 2.05) is 0 Å². The fourth-order valence-corrected chi connectivity index (χ4v) is 4.20. The molecule has 0 heterocycles. The zero-order chi connectivity index (χ0) is 12.3. The molecule has 0 aromatic rings. The van der Waals surface area contributed by atoms with E-state index in [0.29, 0.717) is 17.8 Å². The van der Waals surface area contributed by atoms with Gasteiger partial charge in [0.25, 0.3) is 0 Å². The third kappa shape index (κ3) is 3.03. The van der Waals surface area contributed by atoms with Crippen LogP contribution >= 0.6 is 0 Å². The third-order valence-electron chi connectivity index (χ3n) is 5.13. The molecule has 4 unspecified atom stereocenters. The minimum atomic E-state index is -0.108. The highest BCUT2D eigenvalue weighted by atomic mass is 16.3. The van der Waals surface area contributed by atoms with Gasteiger partial charge < -0.3 is 10.2 Å². The number of aliphatic hydroxyl groups excluding tert-OH is 2. The number of hydrogen-bond acceptors (Lipinski definition) is 2. The predicted molar refractivity (Wildman–Crippen MR) is 69.7 cm³/mol. The number of hydrogen-bond donors (Lipinski definition) is 2. The van der Waals surface area contributed by atoms with Crippen LogP contribution in [0, 0.1) is 17.8 Å². The van der Waals surface area contributed by atoms with Gasteiger partial charge in [-0.1, -0.05) is 39.0 Å². The Morgan fingerprint density at radius 2 is 1.24 bits per heavy atom. The average molecular weight is 240 g/mol. The standard InChI is InChI=1S/C15H28O2/c1-2-11(12-7-3-5-9-14(12)16)13-8-4-6-10-15(13)17/h11-17H,2-10H2,1H3. The molecular weight excluding hydrogens is 212 g/mol. The minimum Gasteiger partial charge on any atom is -0.393 e. The summed E-state index contributed by atoms with van der Waals surface area (Å²) in [5, 5.41) is 20.4. The summed E-state index contributed by atoms with van der Waals surface area (Å²) in [6.07, 6.45) is 10.1. The van der Waals surface area contributed by atoms with Gasteiger partial charge in [-0.05, 0) is 43.4 Å². The van der Waals surface area contributed by atoms with Gasteiger partial charge >= 0.3 is 0 Å². The smallest absolute Gasteiger partial charge is 0.0571 e. The van der Waals surface area contributed by atoms with E-state index in [4.69, 9.17) is 0 Å². The van der Waals surface area contributed by atoms with Crippen molar-refractivity contribution in [3.63, 3.8) is 0 Å². The van der Waals surface area contributed by atoms with Crippen LogP contribution in [0.5, 0.6) is 0 Å². The first-order valence-corrected chi connectivity index (χ1v) is 7.60. The highest BCUT2D eigenvalue weighted by Crippen LogP contribution is 2.41. The molecule has 2 N–H and O–H groups in total. The number of rotatable bonds is 3. The molecule has 17 heavy (non-hydrogen) atoms. The Labute approximate surface area is 105 Å². The second-order valence-electron chi connectivity index (χ2n) is 6.10. The molecule has 0 radical (unpaired) electrons. The number of aliphatic hydroxyl groups is 2. The largest absolute Gasteiger partial charge is 0.393 e. The Morgan fingerprint density at radius 3 is 1.59 bits per heavy atom. The molecule has 0 aliphatic heterocycles. The van der Waals surface area contributed by atoms with E-state index in [0.717, 1.165) is 19.3 Å². The highest BCUT2D eigenvalue weighted by Gasteiger charge is 2.38. The van der Waals surface area contributed by atoms with Gasteiger partial charge in [-0.3, -0.25) is 0 Å². The van der Waals surface area contributed by atoms with E-state index in [2.05, 4.69) is 6.92 Å².